The van der Waals surface area contributed by atoms with E-state index in [1.54, 1.807) is 31.4 Å². The zero-order valence-corrected chi connectivity index (χ0v) is 10.5. The van der Waals surface area contributed by atoms with Gasteiger partial charge >= 0.3 is 5.97 Å². The number of carboxylic acids is 1. The molecule has 4 heteroatoms. The van der Waals surface area contributed by atoms with Crippen molar-refractivity contribution in [3.05, 3.63) is 29.8 Å². The Kier molecular flexibility index (Phi) is 4.20. The molecule has 0 amide bonds. The van der Waals surface area contributed by atoms with Crippen molar-refractivity contribution >= 4 is 5.97 Å². The van der Waals surface area contributed by atoms with Crippen LogP contribution in [0.1, 0.15) is 36.0 Å². The third-order valence-corrected chi connectivity index (χ3v) is 3.30. The summed E-state index contributed by atoms with van der Waals surface area (Å²) in [6, 6.07) is 6.63. The molecule has 2 rings (SSSR count). The van der Waals surface area contributed by atoms with Crippen LogP contribution in [-0.4, -0.2) is 30.4 Å². The van der Waals surface area contributed by atoms with Gasteiger partial charge in [0.1, 0.15) is 11.9 Å². The quantitative estimate of drug-likeness (QED) is 0.892. The molecule has 1 saturated carbocycles. The first-order chi connectivity index (χ1) is 8.69. The fourth-order valence-electron chi connectivity index (χ4n) is 2.32. The van der Waals surface area contributed by atoms with E-state index >= 15 is 0 Å². The van der Waals surface area contributed by atoms with Crippen LogP contribution in [-0.2, 0) is 4.74 Å². The fourth-order valence-corrected chi connectivity index (χ4v) is 2.32. The lowest BCUT2D eigenvalue weighted by atomic mass is 9.95. The Hall–Kier alpha value is -1.55. The number of rotatable bonds is 4. The van der Waals surface area contributed by atoms with Crippen LogP contribution in [0.25, 0.3) is 0 Å². The Morgan fingerprint density at radius 1 is 1.33 bits per heavy atom. The molecule has 0 aliphatic heterocycles. The molecule has 1 aromatic carbocycles. The maximum absolute atomic E-state index is 10.9. The van der Waals surface area contributed by atoms with Crippen molar-refractivity contribution in [1.82, 2.24) is 0 Å². The second-order valence-corrected chi connectivity index (χ2v) is 4.60. The zero-order valence-electron chi connectivity index (χ0n) is 10.5. The lowest BCUT2D eigenvalue weighted by Gasteiger charge is -2.28. The number of benzene rings is 1. The maximum Gasteiger partial charge on any atom is 0.335 e. The van der Waals surface area contributed by atoms with Gasteiger partial charge in [0.05, 0.1) is 11.7 Å². The summed E-state index contributed by atoms with van der Waals surface area (Å²) in [7, 11) is 1.72. The van der Waals surface area contributed by atoms with Crippen molar-refractivity contribution in [2.45, 2.75) is 37.9 Å². The van der Waals surface area contributed by atoms with Crippen molar-refractivity contribution in [1.29, 1.82) is 0 Å². The lowest BCUT2D eigenvalue weighted by Crippen LogP contribution is -2.29. The molecule has 0 radical (unpaired) electrons. The summed E-state index contributed by atoms with van der Waals surface area (Å²) in [4.78, 5) is 10.9. The van der Waals surface area contributed by atoms with Crippen LogP contribution in [0.5, 0.6) is 5.75 Å². The van der Waals surface area contributed by atoms with Gasteiger partial charge in [-0.25, -0.2) is 4.79 Å². The second-order valence-electron chi connectivity index (χ2n) is 4.60. The number of hydrogen-bond donors (Lipinski definition) is 1. The molecule has 2 unspecified atom stereocenters. The van der Waals surface area contributed by atoms with Crippen LogP contribution in [0.4, 0.5) is 0 Å². The maximum atomic E-state index is 10.9. The topological polar surface area (TPSA) is 55.8 Å². The van der Waals surface area contributed by atoms with E-state index in [1.807, 2.05) is 0 Å². The third-order valence-electron chi connectivity index (χ3n) is 3.30. The number of aromatic carboxylic acids is 1. The highest BCUT2D eigenvalue weighted by Gasteiger charge is 2.23. The van der Waals surface area contributed by atoms with E-state index in [2.05, 4.69) is 0 Å². The van der Waals surface area contributed by atoms with Gasteiger partial charge in [0.2, 0.25) is 0 Å². The molecule has 0 bridgehead atoms. The molecule has 0 heterocycles. The minimum Gasteiger partial charge on any atom is -0.490 e. The monoisotopic (exact) mass is 250 g/mol. The Balaban J connectivity index is 2.00. The summed E-state index contributed by atoms with van der Waals surface area (Å²) in [5.74, 6) is -0.310. The molecule has 1 fully saturated rings. The number of methoxy groups -OCH3 is 1. The van der Waals surface area contributed by atoms with E-state index in [1.165, 1.54) is 0 Å². The lowest BCUT2D eigenvalue weighted by molar-refractivity contribution is 0.0209. The predicted octanol–water partition coefficient (Wildman–Crippen LogP) is 2.72. The van der Waals surface area contributed by atoms with Gasteiger partial charge in [-0.2, -0.15) is 0 Å². The van der Waals surface area contributed by atoms with Gasteiger partial charge in [0.25, 0.3) is 0 Å². The molecule has 2 atom stereocenters. The molecule has 0 aromatic heterocycles. The SMILES string of the molecule is COC1CCCC(Oc2cccc(C(=O)O)c2)C1. The van der Waals surface area contributed by atoms with Crippen molar-refractivity contribution in [3.8, 4) is 5.75 Å². The van der Waals surface area contributed by atoms with Crippen LogP contribution in [0.15, 0.2) is 24.3 Å². The van der Waals surface area contributed by atoms with Gasteiger partial charge in [-0.15, -0.1) is 0 Å². The highest BCUT2D eigenvalue weighted by Crippen LogP contribution is 2.25. The van der Waals surface area contributed by atoms with Crippen LogP contribution >= 0.6 is 0 Å². The summed E-state index contributed by atoms with van der Waals surface area (Å²) in [5.41, 5.74) is 0.256. The molecule has 0 spiro atoms. The van der Waals surface area contributed by atoms with Gasteiger partial charge in [-0.3, -0.25) is 0 Å². The molecule has 4 nitrogen and oxygen atoms in total. The van der Waals surface area contributed by atoms with Gasteiger partial charge in [0, 0.05) is 13.5 Å². The Labute approximate surface area is 107 Å². The summed E-state index contributed by atoms with van der Waals surface area (Å²) in [6.07, 6.45) is 4.40. The number of hydrogen-bond acceptors (Lipinski definition) is 3. The average molecular weight is 250 g/mol. The van der Waals surface area contributed by atoms with Crippen molar-refractivity contribution < 1.29 is 19.4 Å². The summed E-state index contributed by atoms with van der Waals surface area (Å²) in [5, 5.41) is 8.92. The van der Waals surface area contributed by atoms with Gasteiger partial charge in [-0.05, 0) is 37.5 Å². The second kappa shape index (κ2) is 5.87. The van der Waals surface area contributed by atoms with Crippen LogP contribution < -0.4 is 4.74 Å². The largest absolute Gasteiger partial charge is 0.490 e. The normalized spacial score (nSPS) is 23.6. The van der Waals surface area contributed by atoms with E-state index in [0.29, 0.717) is 5.75 Å². The number of carbonyl (C=O) groups is 1. The van der Waals surface area contributed by atoms with Gasteiger partial charge in [-0.1, -0.05) is 6.07 Å². The van der Waals surface area contributed by atoms with E-state index < -0.39 is 5.97 Å². The van der Waals surface area contributed by atoms with Crippen molar-refractivity contribution in [3.63, 3.8) is 0 Å². The fraction of sp³-hybridized carbons (Fsp3) is 0.500. The van der Waals surface area contributed by atoms with Crippen LogP contribution in [0.3, 0.4) is 0 Å². The first kappa shape index (κ1) is 12.9. The molecule has 1 aliphatic carbocycles. The highest BCUT2D eigenvalue weighted by molar-refractivity contribution is 5.87. The molecule has 18 heavy (non-hydrogen) atoms. The molecule has 1 N–H and O–H groups in total. The zero-order chi connectivity index (χ0) is 13.0. The van der Waals surface area contributed by atoms with E-state index in [-0.39, 0.29) is 17.8 Å². The first-order valence-electron chi connectivity index (χ1n) is 6.22. The third kappa shape index (κ3) is 3.23. The number of carboxylic acid groups (broad SMARTS) is 1. The van der Waals surface area contributed by atoms with Crippen molar-refractivity contribution in [2.24, 2.45) is 0 Å². The Morgan fingerprint density at radius 3 is 2.83 bits per heavy atom. The molecule has 1 aromatic rings. The highest BCUT2D eigenvalue weighted by atomic mass is 16.5. The smallest absolute Gasteiger partial charge is 0.335 e. The van der Waals surface area contributed by atoms with Gasteiger partial charge in [0.15, 0.2) is 0 Å². The first-order valence-corrected chi connectivity index (χ1v) is 6.22. The average Bonchev–Trinajstić information content (AvgIpc) is 2.39. The van der Waals surface area contributed by atoms with Crippen molar-refractivity contribution in [2.75, 3.05) is 7.11 Å². The van der Waals surface area contributed by atoms with E-state index in [4.69, 9.17) is 14.6 Å². The van der Waals surface area contributed by atoms with Crippen LogP contribution in [0, 0.1) is 0 Å². The minimum atomic E-state index is -0.932. The summed E-state index contributed by atoms with van der Waals surface area (Å²) < 4.78 is 11.2. The standard InChI is InChI=1S/C14H18O4/c1-17-11-5-3-7-13(9-11)18-12-6-2-4-10(8-12)14(15)16/h2,4,6,8,11,13H,3,5,7,9H2,1H3,(H,15,16). The molecular formula is C14H18O4. The molecular weight excluding hydrogens is 232 g/mol. The molecule has 1 aliphatic rings. The Morgan fingerprint density at radius 2 is 2.11 bits per heavy atom. The summed E-state index contributed by atoms with van der Waals surface area (Å²) >= 11 is 0. The van der Waals surface area contributed by atoms with E-state index in [0.717, 1.165) is 25.7 Å². The molecule has 98 valence electrons. The van der Waals surface area contributed by atoms with E-state index in [9.17, 15) is 4.79 Å². The Bertz CT molecular complexity index is 416. The predicted molar refractivity (Wildman–Crippen MR) is 67.1 cm³/mol. The summed E-state index contributed by atoms with van der Waals surface area (Å²) in [6.45, 7) is 0. The molecule has 0 saturated heterocycles. The van der Waals surface area contributed by atoms with Crippen LogP contribution in [0.2, 0.25) is 0 Å². The van der Waals surface area contributed by atoms with Gasteiger partial charge < -0.3 is 14.6 Å². The number of ether oxygens (including phenoxy) is 2. The minimum absolute atomic E-state index is 0.118.